The summed E-state index contributed by atoms with van der Waals surface area (Å²) < 4.78 is 45.1. The zero-order valence-corrected chi connectivity index (χ0v) is 24.8. The number of methoxy groups -OCH3 is 1. The van der Waals surface area contributed by atoms with Crippen molar-refractivity contribution >= 4 is 33.1 Å². The number of hydrogen-bond acceptors (Lipinski definition) is 7. The van der Waals surface area contributed by atoms with Gasteiger partial charge in [-0.3, -0.25) is 9.59 Å². The molecule has 1 amide bonds. The second-order valence-electron chi connectivity index (χ2n) is 10.2. The normalized spacial score (nSPS) is 14.2. The first kappa shape index (κ1) is 29.8. The van der Waals surface area contributed by atoms with Crippen molar-refractivity contribution < 1.29 is 27.1 Å². The van der Waals surface area contributed by atoms with Gasteiger partial charge in [0.15, 0.2) is 17.3 Å². The van der Waals surface area contributed by atoms with Gasteiger partial charge in [-0.25, -0.2) is 22.1 Å². The van der Waals surface area contributed by atoms with Crippen molar-refractivity contribution in [1.82, 2.24) is 14.2 Å². The van der Waals surface area contributed by atoms with Crippen LogP contribution in [-0.2, 0) is 33.2 Å². The van der Waals surface area contributed by atoms with Crippen molar-refractivity contribution in [3.63, 3.8) is 0 Å². The zero-order chi connectivity index (χ0) is 29.1. The molecule has 0 saturated heterocycles. The van der Waals surface area contributed by atoms with Crippen LogP contribution in [0.15, 0.2) is 48.5 Å². The van der Waals surface area contributed by atoms with Crippen molar-refractivity contribution in [2.75, 3.05) is 33.5 Å². The second kappa shape index (κ2) is 12.2. The Balaban J connectivity index is 1.57. The lowest BCUT2D eigenvalue weighted by molar-refractivity contribution is -0.134. The predicted octanol–water partition coefficient (Wildman–Crippen LogP) is 4.37. The van der Waals surface area contributed by atoms with Crippen molar-refractivity contribution in [1.29, 1.82) is 0 Å². The molecule has 8 nitrogen and oxygen atoms in total. The van der Waals surface area contributed by atoms with Gasteiger partial charge in [-0.1, -0.05) is 36.4 Å². The third-order valence-corrected chi connectivity index (χ3v) is 9.88. The third-order valence-electron chi connectivity index (χ3n) is 7.19. The van der Waals surface area contributed by atoms with Crippen LogP contribution >= 0.6 is 11.3 Å². The summed E-state index contributed by atoms with van der Waals surface area (Å²) in [6, 6.07) is 14.6. The van der Waals surface area contributed by atoms with Gasteiger partial charge in [-0.15, -0.1) is 11.3 Å². The number of aromatic nitrogens is 1. The molecule has 1 fully saturated rings. The van der Waals surface area contributed by atoms with Crippen LogP contribution in [0.3, 0.4) is 0 Å². The van der Waals surface area contributed by atoms with E-state index in [9.17, 15) is 22.4 Å². The molecule has 0 N–H and O–H groups in total. The van der Waals surface area contributed by atoms with Crippen molar-refractivity contribution in [3.05, 3.63) is 81.1 Å². The smallest absolute Gasteiger partial charge is 0.233 e. The number of benzene rings is 2. The number of hydrogen-bond donors (Lipinski definition) is 0. The number of halogens is 1. The summed E-state index contributed by atoms with van der Waals surface area (Å²) in [5.74, 6) is -1.75. The largest absolute Gasteiger partial charge is 0.494 e. The van der Waals surface area contributed by atoms with E-state index in [1.54, 1.807) is 24.0 Å². The molecule has 3 aromatic rings. The van der Waals surface area contributed by atoms with E-state index in [-0.39, 0.29) is 23.9 Å². The molecule has 11 heteroatoms. The molecule has 0 radical (unpaired) electrons. The Bertz CT molecular complexity index is 1480. The number of ether oxygens (including phenoxy) is 1. The second-order valence-corrected chi connectivity index (χ2v) is 13.7. The van der Waals surface area contributed by atoms with E-state index < -0.39 is 32.8 Å². The Hall–Kier alpha value is -3.15. The SMILES string of the molecule is COc1ccc(C2(C(=O)N(CCCc3ccccc3)Cc3nc(C(=O)CS(=O)(=O)N(C)C)c(C)s3)CC2)cc1F. The standard InChI is InChI=1S/C29H34FN3O5S2/c1-20-27(24(34)19-40(36,37)32(2)3)31-26(39-20)18-33(16-8-11-21-9-6-5-7-10-21)28(35)29(14-15-29)22-12-13-25(38-4)23(30)17-22/h5-7,9-10,12-13,17H,8,11,14-16,18-19H2,1-4H3. The first-order valence-electron chi connectivity index (χ1n) is 13.0. The van der Waals surface area contributed by atoms with Crippen LogP contribution < -0.4 is 4.74 Å². The molecule has 2 aromatic carbocycles. The highest BCUT2D eigenvalue weighted by Gasteiger charge is 2.53. The van der Waals surface area contributed by atoms with E-state index in [0.717, 1.165) is 16.3 Å². The molecular formula is C29H34FN3O5S2. The molecule has 1 saturated carbocycles. The minimum Gasteiger partial charge on any atom is -0.494 e. The maximum absolute atomic E-state index is 14.6. The van der Waals surface area contributed by atoms with E-state index in [2.05, 4.69) is 4.98 Å². The summed E-state index contributed by atoms with van der Waals surface area (Å²) in [5.41, 5.74) is 1.07. The van der Waals surface area contributed by atoms with Crippen LogP contribution in [0.25, 0.3) is 0 Å². The molecule has 1 aliphatic carbocycles. The summed E-state index contributed by atoms with van der Waals surface area (Å²) in [4.78, 5) is 33.6. The van der Waals surface area contributed by atoms with Gasteiger partial charge in [-0.2, -0.15) is 0 Å². The number of carbonyl (C=O) groups excluding carboxylic acids is 2. The fourth-order valence-corrected chi connectivity index (χ4v) is 6.39. The Morgan fingerprint density at radius 3 is 2.42 bits per heavy atom. The van der Waals surface area contributed by atoms with Crippen LogP contribution in [0.2, 0.25) is 0 Å². The molecule has 1 heterocycles. The van der Waals surface area contributed by atoms with Crippen LogP contribution in [0.4, 0.5) is 4.39 Å². The number of amides is 1. The first-order valence-corrected chi connectivity index (χ1v) is 15.5. The molecule has 0 atom stereocenters. The summed E-state index contributed by atoms with van der Waals surface area (Å²) in [7, 11) is 0.421. The Morgan fingerprint density at radius 2 is 1.82 bits per heavy atom. The number of Topliss-reactive ketones (excluding diaryl/α,β-unsaturated/α-hetero) is 1. The Kier molecular flexibility index (Phi) is 9.06. The number of ketones is 1. The number of sulfonamides is 1. The number of thiazole rings is 1. The van der Waals surface area contributed by atoms with Crippen molar-refractivity contribution in [2.24, 2.45) is 0 Å². The molecule has 214 valence electrons. The molecule has 0 bridgehead atoms. The van der Waals surface area contributed by atoms with Gasteiger partial charge >= 0.3 is 0 Å². The fraction of sp³-hybridized carbons (Fsp3) is 0.414. The van der Waals surface area contributed by atoms with E-state index in [4.69, 9.17) is 4.74 Å². The number of nitrogens with zero attached hydrogens (tertiary/aromatic N) is 3. The van der Waals surface area contributed by atoms with E-state index in [1.807, 2.05) is 30.3 Å². The lowest BCUT2D eigenvalue weighted by atomic mass is 9.93. The minimum absolute atomic E-state index is 0.110. The average molecular weight is 588 g/mol. The van der Waals surface area contributed by atoms with Gasteiger partial charge in [0, 0.05) is 25.5 Å². The zero-order valence-electron chi connectivity index (χ0n) is 23.1. The molecule has 4 rings (SSSR count). The van der Waals surface area contributed by atoms with Crippen LogP contribution in [0.5, 0.6) is 5.75 Å². The highest BCUT2D eigenvalue weighted by molar-refractivity contribution is 7.89. The van der Waals surface area contributed by atoms with Gasteiger partial charge < -0.3 is 9.64 Å². The van der Waals surface area contributed by atoms with E-state index in [1.165, 1.54) is 38.6 Å². The Labute approximate surface area is 238 Å². The number of aryl methyl sites for hydroxylation is 2. The molecule has 0 aliphatic heterocycles. The molecule has 1 aromatic heterocycles. The number of carbonyl (C=O) groups is 2. The minimum atomic E-state index is -3.73. The maximum atomic E-state index is 14.6. The van der Waals surface area contributed by atoms with Gasteiger partial charge in [-0.05, 0) is 55.9 Å². The first-order chi connectivity index (χ1) is 19.0. The predicted molar refractivity (Wildman–Crippen MR) is 153 cm³/mol. The highest BCUT2D eigenvalue weighted by atomic mass is 32.2. The van der Waals surface area contributed by atoms with Crippen molar-refractivity contribution in [2.45, 2.75) is 44.6 Å². The van der Waals surface area contributed by atoms with E-state index in [0.29, 0.717) is 41.3 Å². The third kappa shape index (κ3) is 6.59. The number of rotatable bonds is 13. The highest BCUT2D eigenvalue weighted by Crippen LogP contribution is 2.50. The summed E-state index contributed by atoms with van der Waals surface area (Å²) >= 11 is 1.28. The molecule has 0 unspecified atom stereocenters. The lowest BCUT2D eigenvalue weighted by Crippen LogP contribution is -2.39. The van der Waals surface area contributed by atoms with Crippen LogP contribution in [0.1, 0.15) is 50.8 Å². The maximum Gasteiger partial charge on any atom is 0.233 e. The lowest BCUT2D eigenvalue weighted by Gasteiger charge is -2.27. The topological polar surface area (TPSA) is 96.9 Å². The monoisotopic (exact) mass is 587 g/mol. The average Bonchev–Trinajstić information content (AvgIpc) is 3.64. The van der Waals surface area contributed by atoms with Crippen LogP contribution in [-0.4, -0.2) is 67.8 Å². The van der Waals surface area contributed by atoms with Gasteiger partial charge in [0.1, 0.15) is 16.5 Å². The molecule has 1 aliphatic rings. The van der Waals surface area contributed by atoms with Crippen molar-refractivity contribution in [3.8, 4) is 5.75 Å². The van der Waals surface area contributed by atoms with Gasteiger partial charge in [0.25, 0.3) is 0 Å². The fourth-order valence-electron chi connectivity index (χ4n) is 4.69. The molecule has 0 spiro atoms. The summed E-state index contributed by atoms with van der Waals surface area (Å²) in [6.07, 6.45) is 2.70. The summed E-state index contributed by atoms with van der Waals surface area (Å²) in [6.45, 7) is 2.35. The van der Waals surface area contributed by atoms with Crippen LogP contribution in [0, 0.1) is 12.7 Å². The molecular weight excluding hydrogens is 553 g/mol. The molecule has 40 heavy (non-hydrogen) atoms. The van der Waals surface area contributed by atoms with E-state index >= 15 is 0 Å². The Morgan fingerprint density at radius 1 is 1.12 bits per heavy atom. The quantitative estimate of drug-likeness (QED) is 0.276. The van der Waals surface area contributed by atoms with Gasteiger partial charge in [0.2, 0.25) is 15.9 Å². The van der Waals surface area contributed by atoms with Gasteiger partial charge in [0.05, 0.1) is 19.1 Å². The summed E-state index contributed by atoms with van der Waals surface area (Å²) in [5, 5.41) is 0.549.